The van der Waals surface area contributed by atoms with Gasteiger partial charge in [-0.2, -0.15) is 0 Å². The van der Waals surface area contributed by atoms with Crippen LogP contribution in [0.25, 0.3) is 11.3 Å². The van der Waals surface area contributed by atoms with Gasteiger partial charge in [0.2, 0.25) is 0 Å². The Bertz CT molecular complexity index is 1150. The Morgan fingerprint density at radius 2 is 1.62 bits per heavy atom. The number of anilines is 1. The van der Waals surface area contributed by atoms with Gasteiger partial charge in [0.25, 0.3) is 0 Å². The third-order valence-electron chi connectivity index (χ3n) is 8.22. The van der Waals surface area contributed by atoms with Gasteiger partial charge in [-0.15, -0.1) is 0 Å². The summed E-state index contributed by atoms with van der Waals surface area (Å²) in [7, 11) is 0. The molecule has 2 heteroatoms. The van der Waals surface area contributed by atoms with Crippen molar-refractivity contribution in [2.45, 2.75) is 91.5 Å². The number of hydrogen-bond donors (Lipinski definition) is 0. The summed E-state index contributed by atoms with van der Waals surface area (Å²) < 4.78 is 0. The minimum atomic E-state index is 0.427. The second kappa shape index (κ2) is 9.94. The van der Waals surface area contributed by atoms with Gasteiger partial charge in [0.1, 0.15) is 0 Å². The predicted molar refractivity (Wildman–Crippen MR) is 145 cm³/mol. The van der Waals surface area contributed by atoms with Crippen molar-refractivity contribution in [1.29, 1.82) is 0 Å². The number of fused-ring (bicyclic) bond motifs is 2. The van der Waals surface area contributed by atoms with Crippen LogP contribution >= 0.6 is 0 Å². The molecular formula is C32H40N2. The number of hydrogen-bond acceptors (Lipinski definition) is 2. The maximum Gasteiger partial charge on any atom is 0.0713 e. The minimum Gasteiger partial charge on any atom is -0.364 e. The maximum absolute atomic E-state index is 5.38. The molecule has 34 heavy (non-hydrogen) atoms. The molecule has 0 spiro atoms. The van der Waals surface area contributed by atoms with Crippen molar-refractivity contribution in [1.82, 2.24) is 4.98 Å². The molecule has 2 aliphatic carbocycles. The second-order valence-corrected chi connectivity index (χ2v) is 10.2. The molecule has 0 bridgehead atoms. The summed E-state index contributed by atoms with van der Waals surface area (Å²) in [6.45, 7) is 10.2. The first kappa shape index (κ1) is 23.1. The Kier molecular flexibility index (Phi) is 6.77. The monoisotopic (exact) mass is 452 g/mol. The third kappa shape index (κ3) is 4.06. The van der Waals surface area contributed by atoms with Crippen LogP contribution in [0.15, 0.2) is 42.5 Å². The smallest absolute Gasteiger partial charge is 0.0713 e. The molecule has 0 amide bonds. The first-order valence-corrected chi connectivity index (χ1v) is 13.6. The van der Waals surface area contributed by atoms with Crippen LogP contribution in [0.5, 0.6) is 0 Å². The van der Waals surface area contributed by atoms with Gasteiger partial charge in [-0.1, -0.05) is 44.2 Å². The standard InChI is InChI=1S/C32H40N2/c1-5-23-14-10-15-24(6-2)32(23)28-21-22(4)31-27(33-28)18-12-20-30(31)34(7-3)29-19-11-16-25-13-8-9-17-26(25)29/h10-11,14-16,19,21,30H,5-9,12-13,17-18,20H2,1-4H3. The number of benzene rings is 2. The van der Waals surface area contributed by atoms with Gasteiger partial charge in [0.05, 0.1) is 11.7 Å². The zero-order chi connectivity index (χ0) is 23.7. The number of nitrogens with zero attached hydrogens (tertiary/aromatic N) is 2. The van der Waals surface area contributed by atoms with Crippen molar-refractivity contribution in [3.8, 4) is 11.3 Å². The average Bonchev–Trinajstić information content (AvgIpc) is 2.88. The highest BCUT2D eigenvalue weighted by Crippen LogP contribution is 2.42. The van der Waals surface area contributed by atoms with E-state index in [1.807, 2.05) is 0 Å². The van der Waals surface area contributed by atoms with E-state index in [0.717, 1.165) is 25.8 Å². The molecule has 2 aliphatic rings. The number of pyridine rings is 1. The van der Waals surface area contributed by atoms with Gasteiger partial charge >= 0.3 is 0 Å². The first-order chi connectivity index (χ1) is 16.7. The number of rotatable bonds is 6. The van der Waals surface area contributed by atoms with Crippen LogP contribution in [0.3, 0.4) is 0 Å². The Morgan fingerprint density at radius 3 is 2.35 bits per heavy atom. The Morgan fingerprint density at radius 1 is 0.882 bits per heavy atom. The SMILES string of the molecule is CCc1cccc(CC)c1-c1cc(C)c2c(n1)CCCC2N(CC)c1cccc2c1CCCC2. The third-order valence-corrected chi connectivity index (χ3v) is 8.22. The summed E-state index contributed by atoms with van der Waals surface area (Å²) >= 11 is 0. The van der Waals surface area contributed by atoms with Crippen LogP contribution in [0.1, 0.15) is 91.6 Å². The van der Waals surface area contributed by atoms with Crippen LogP contribution in [0.2, 0.25) is 0 Å². The zero-order valence-electron chi connectivity index (χ0n) is 21.6. The molecule has 178 valence electrons. The van der Waals surface area contributed by atoms with E-state index in [1.165, 1.54) is 83.4 Å². The molecule has 5 rings (SSSR count). The topological polar surface area (TPSA) is 16.1 Å². The van der Waals surface area contributed by atoms with Gasteiger partial charge < -0.3 is 4.90 Å². The van der Waals surface area contributed by atoms with E-state index in [4.69, 9.17) is 4.98 Å². The molecule has 1 heterocycles. The molecule has 2 aromatic carbocycles. The van der Waals surface area contributed by atoms with Crippen molar-refractivity contribution in [2.75, 3.05) is 11.4 Å². The van der Waals surface area contributed by atoms with Crippen molar-refractivity contribution < 1.29 is 0 Å². The summed E-state index contributed by atoms with van der Waals surface area (Å²) in [5.41, 5.74) is 14.3. The molecule has 2 nitrogen and oxygen atoms in total. The predicted octanol–water partition coefficient (Wildman–Crippen LogP) is 7.96. The summed E-state index contributed by atoms with van der Waals surface area (Å²) in [6.07, 6.45) is 10.8. The van der Waals surface area contributed by atoms with Gasteiger partial charge in [-0.25, -0.2) is 0 Å². The van der Waals surface area contributed by atoms with Crippen LogP contribution in [-0.2, 0) is 32.1 Å². The quantitative estimate of drug-likeness (QED) is 0.377. The molecular weight excluding hydrogens is 412 g/mol. The Balaban J connectivity index is 1.60. The van der Waals surface area contributed by atoms with E-state index >= 15 is 0 Å². The minimum absolute atomic E-state index is 0.427. The average molecular weight is 453 g/mol. The molecule has 3 aromatic rings. The van der Waals surface area contributed by atoms with E-state index in [2.05, 4.69) is 75.1 Å². The normalized spacial score (nSPS) is 17.2. The van der Waals surface area contributed by atoms with E-state index < -0.39 is 0 Å². The largest absolute Gasteiger partial charge is 0.364 e. The fourth-order valence-corrected chi connectivity index (χ4v) is 6.60. The molecule has 0 fully saturated rings. The molecule has 1 aromatic heterocycles. The van der Waals surface area contributed by atoms with Crippen LogP contribution in [-0.4, -0.2) is 11.5 Å². The lowest BCUT2D eigenvalue weighted by Gasteiger charge is -2.39. The van der Waals surface area contributed by atoms with E-state index in [-0.39, 0.29) is 0 Å². The van der Waals surface area contributed by atoms with Crippen molar-refractivity contribution >= 4 is 5.69 Å². The highest BCUT2D eigenvalue weighted by Gasteiger charge is 2.30. The van der Waals surface area contributed by atoms with Gasteiger partial charge in [-0.05, 0) is 117 Å². The molecule has 0 aliphatic heterocycles. The lowest BCUT2D eigenvalue weighted by atomic mass is 9.84. The van der Waals surface area contributed by atoms with Crippen molar-refractivity contribution in [2.24, 2.45) is 0 Å². The summed E-state index contributed by atoms with van der Waals surface area (Å²) in [6, 6.07) is 16.6. The summed E-state index contributed by atoms with van der Waals surface area (Å²) in [5, 5.41) is 0. The highest BCUT2D eigenvalue weighted by atomic mass is 15.2. The fraction of sp³-hybridized carbons (Fsp3) is 0.469. The van der Waals surface area contributed by atoms with Crippen LogP contribution < -0.4 is 4.90 Å². The van der Waals surface area contributed by atoms with Gasteiger partial charge in [0.15, 0.2) is 0 Å². The van der Waals surface area contributed by atoms with E-state index in [0.29, 0.717) is 6.04 Å². The van der Waals surface area contributed by atoms with Gasteiger partial charge in [0, 0.05) is 23.5 Å². The maximum atomic E-state index is 5.38. The van der Waals surface area contributed by atoms with Crippen LogP contribution in [0.4, 0.5) is 5.69 Å². The Hall–Kier alpha value is -2.61. The molecule has 0 saturated carbocycles. The van der Waals surface area contributed by atoms with E-state index in [1.54, 1.807) is 11.1 Å². The highest BCUT2D eigenvalue weighted by molar-refractivity contribution is 5.70. The molecule has 0 saturated heterocycles. The molecule has 0 N–H and O–H groups in total. The zero-order valence-corrected chi connectivity index (χ0v) is 21.6. The number of aryl methyl sites for hydroxylation is 5. The molecule has 0 radical (unpaired) electrons. The first-order valence-electron chi connectivity index (χ1n) is 13.6. The molecule has 1 unspecified atom stereocenters. The Labute approximate surface area is 206 Å². The fourth-order valence-electron chi connectivity index (χ4n) is 6.60. The second-order valence-electron chi connectivity index (χ2n) is 10.2. The lowest BCUT2D eigenvalue weighted by molar-refractivity contribution is 0.515. The van der Waals surface area contributed by atoms with E-state index in [9.17, 15) is 0 Å². The van der Waals surface area contributed by atoms with Crippen molar-refractivity contribution in [3.05, 3.63) is 81.5 Å². The van der Waals surface area contributed by atoms with Crippen LogP contribution in [0, 0.1) is 6.92 Å². The number of aromatic nitrogens is 1. The molecule has 1 atom stereocenters. The summed E-state index contributed by atoms with van der Waals surface area (Å²) in [4.78, 5) is 8.09. The van der Waals surface area contributed by atoms with Gasteiger partial charge in [-0.3, -0.25) is 4.98 Å². The summed E-state index contributed by atoms with van der Waals surface area (Å²) in [5.74, 6) is 0. The lowest BCUT2D eigenvalue weighted by Crippen LogP contribution is -2.33. The van der Waals surface area contributed by atoms with Crippen molar-refractivity contribution in [3.63, 3.8) is 0 Å².